The number of aryl methyl sites for hydroxylation is 1. The van der Waals surface area contributed by atoms with E-state index in [4.69, 9.17) is 4.74 Å². The number of morpholine rings is 1. The van der Waals surface area contributed by atoms with Gasteiger partial charge in [-0.2, -0.15) is 5.10 Å². The highest BCUT2D eigenvalue weighted by Crippen LogP contribution is 2.34. The van der Waals surface area contributed by atoms with Gasteiger partial charge in [0.1, 0.15) is 6.10 Å². The van der Waals surface area contributed by atoms with Crippen LogP contribution in [-0.2, 0) is 11.3 Å². The summed E-state index contributed by atoms with van der Waals surface area (Å²) in [5.74, 6) is 0. The van der Waals surface area contributed by atoms with Crippen LogP contribution in [0.25, 0.3) is 0 Å². The fourth-order valence-corrected chi connectivity index (χ4v) is 2.72. The molecule has 2 atom stereocenters. The van der Waals surface area contributed by atoms with E-state index in [1.165, 1.54) is 0 Å². The first-order chi connectivity index (χ1) is 9.11. The highest BCUT2D eigenvalue weighted by molar-refractivity contribution is 5.14. The Balaban J connectivity index is 2.18. The van der Waals surface area contributed by atoms with Crippen LogP contribution in [0.1, 0.15) is 38.9 Å². The van der Waals surface area contributed by atoms with Crippen molar-refractivity contribution in [2.24, 2.45) is 0 Å². The van der Waals surface area contributed by atoms with Gasteiger partial charge in [-0.1, -0.05) is 6.92 Å². The van der Waals surface area contributed by atoms with E-state index in [1.807, 2.05) is 17.8 Å². The lowest BCUT2D eigenvalue weighted by molar-refractivity contribution is -0.0734. The molecule has 1 fully saturated rings. The number of aliphatic hydroxyl groups is 1. The lowest BCUT2D eigenvalue weighted by Crippen LogP contribution is -2.54. The number of nitrogens with zero attached hydrogens (tertiary/aromatic N) is 3. The van der Waals surface area contributed by atoms with Gasteiger partial charge >= 0.3 is 0 Å². The summed E-state index contributed by atoms with van der Waals surface area (Å²) in [6, 6.07) is 0. The monoisotopic (exact) mass is 267 g/mol. The minimum absolute atomic E-state index is 0.259. The fourth-order valence-electron chi connectivity index (χ4n) is 2.72. The average molecular weight is 267 g/mol. The largest absolute Gasteiger partial charge is 0.386 e. The Morgan fingerprint density at radius 2 is 2.11 bits per heavy atom. The van der Waals surface area contributed by atoms with Crippen molar-refractivity contribution in [1.82, 2.24) is 14.7 Å². The minimum Gasteiger partial charge on any atom is -0.386 e. The first-order valence-corrected chi connectivity index (χ1v) is 7.15. The Morgan fingerprint density at radius 1 is 1.42 bits per heavy atom. The molecule has 1 saturated heterocycles. The summed E-state index contributed by atoms with van der Waals surface area (Å²) in [7, 11) is 0. The second-order valence-corrected chi connectivity index (χ2v) is 5.34. The Morgan fingerprint density at radius 3 is 2.63 bits per heavy atom. The van der Waals surface area contributed by atoms with E-state index in [0.29, 0.717) is 0 Å². The molecule has 19 heavy (non-hydrogen) atoms. The van der Waals surface area contributed by atoms with E-state index in [9.17, 15) is 5.11 Å². The first kappa shape index (κ1) is 14.5. The molecule has 5 heteroatoms. The molecule has 0 radical (unpaired) electrons. The van der Waals surface area contributed by atoms with Crippen LogP contribution in [0.15, 0.2) is 12.4 Å². The smallest absolute Gasteiger partial charge is 0.100 e. The van der Waals surface area contributed by atoms with Crippen LogP contribution >= 0.6 is 0 Å². The lowest BCUT2D eigenvalue weighted by atomic mass is 9.86. The third kappa shape index (κ3) is 2.83. The summed E-state index contributed by atoms with van der Waals surface area (Å²) in [6.45, 7) is 10.4. The van der Waals surface area contributed by atoms with Gasteiger partial charge in [0.05, 0.1) is 19.4 Å². The molecule has 2 heterocycles. The molecule has 0 bridgehead atoms. The molecule has 0 aliphatic carbocycles. The van der Waals surface area contributed by atoms with Gasteiger partial charge in [-0.15, -0.1) is 0 Å². The molecule has 0 amide bonds. The van der Waals surface area contributed by atoms with Crippen LogP contribution in [0.4, 0.5) is 0 Å². The van der Waals surface area contributed by atoms with Gasteiger partial charge in [-0.25, -0.2) is 0 Å². The Labute approximate surface area is 115 Å². The maximum atomic E-state index is 10.8. The molecule has 1 aromatic rings. The molecule has 1 aromatic heterocycles. The van der Waals surface area contributed by atoms with E-state index in [1.54, 1.807) is 6.20 Å². The molecule has 5 nitrogen and oxygen atoms in total. The van der Waals surface area contributed by atoms with E-state index in [-0.39, 0.29) is 5.54 Å². The molecule has 0 spiro atoms. The van der Waals surface area contributed by atoms with Crippen molar-refractivity contribution in [3.63, 3.8) is 0 Å². The van der Waals surface area contributed by atoms with E-state index in [2.05, 4.69) is 23.8 Å². The van der Waals surface area contributed by atoms with Crippen LogP contribution in [0.2, 0.25) is 0 Å². The van der Waals surface area contributed by atoms with Crippen molar-refractivity contribution in [2.75, 3.05) is 26.3 Å². The summed E-state index contributed by atoms with van der Waals surface area (Å²) in [5.41, 5.74) is 0.642. The Kier molecular flexibility index (Phi) is 4.60. The van der Waals surface area contributed by atoms with Crippen LogP contribution in [0.5, 0.6) is 0 Å². The number of rotatable bonds is 5. The third-order valence-electron chi connectivity index (χ3n) is 4.33. The van der Waals surface area contributed by atoms with Crippen LogP contribution in [0.3, 0.4) is 0 Å². The first-order valence-electron chi connectivity index (χ1n) is 7.15. The maximum absolute atomic E-state index is 10.8. The summed E-state index contributed by atoms with van der Waals surface area (Å²) in [6.07, 6.45) is 4.10. The van der Waals surface area contributed by atoms with Gasteiger partial charge in [-0.05, 0) is 20.3 Å². The number of ether oxygens (including phenoxy) is 1. The fraction of sp³-hybridized carbons (Fsp3) is 0.786. The molecule has 2 unspecified atom stereocenters. The second-order valence-electron chi connectivity index (χ2n) is 5.34. The van der Waals surface area contributed by atoms with E-state index >= 15 is 0 Å². The topological polar surface area (TPSA) is 50.5 Å². The molecule has 0 saturated carbocycles. The Bertz CT molecular complexity index is 401. The number of hydrogen-bond donors (Lipinski definition) is 1. The lowest BCUT2D eigenvalue weighted by Gasteiger charge is -2.45. The van der Waals surface area contributed by atoms with Crippen LogP contribution in [-0.4, -0.2) is 51.6 Å². The summed E-state index contributed by atoms with van der Waals surface area (Å²) in [5, 5.41) is 15.0. The zero-order chi connectivity index (χ0) is 13.9. The molecule has 1 aliphatic heterocycles. The molecule has 0 aromatic carbocycles. The maximum Gasteiger partial charge on any atom is 0.100 e. The number of aromatic nitrogens is 2. The van der Waals surface area contributed by atoms with Crippen molar-refractivity contribution < 1.29 is 9.84 Å². The SMILES string of the molecule is CCn1cc(C(O)C(C)(CC)N2CCOCC2)cn1. The molecular formula is C14H25N3O2. The molecule has 108 valence electrons. The minimum atomic E-state index is -0.518. The van der Waals surface area contributed by atoms with E-state index in [0.717, 1.165) is 44.8 Å². The summed E-state index contributed by atoms with van der Waals surface area (Å²) in [4.78, 5) is 2.34. The van der Waals surface area contributed by atoms with Crippen molar-refractivity contribution >= 4 is 0 Å². The quantitative estimate of drug-likeness (QED) is 0.877. The summed E-state index contributed by atoms with van der Waals surface area (Å²) < 4.78 is 7.26. The number of aliphatic hydroxyl groups excluding tert-OH is 1. The number of hydrogen-bond acceptors (Lipinski definition) is 4. The summed E-state index contributed by atoms with van der Waals surface area (Å²) >= 11 is 0. The van der Waals surface area contributed by atoms with Gasteiger partial charge < -0.3 is 9.84 Å². The van der Waals surface area contributed by atoms with E-state index < -0.39 is 6.10 Å². The highest BCUT2D eigenvalue weighted by atomic mass is 16.5. The normalized spacial score (nSPS) is 22.1. The zero-order valence-corrected chi connectivity index (χ0v) is 12.2. The highest BCUT2D eigenvalue weighted by Gasteiger charge is 2.39. The van der Waals surface area contributed by atoms with Gasteiger partial charge in [0.15, 0.2) is 0 Å². The van der Waals surface area contributed by atoms with Gasteiger partial charge in [0.2, 0.25) is 0 Å². The van der Waals surface area contributed by atoms with Gasteiger partial charge in [-0.3, -0.25) is 9.58 Å². The molecule has 2 rings (SSSR count). The molecular weight excluding hydrogens is 242 g/mol. The molecule has 1 N–H and O–H groups in total. The van der Waals surface area contributed by atoms with Gasteiger partial charge in [0, 0.05) is 36.9 Å². The predicted octanol–water partition coefficient (Wildman–Crippen LogP) is 1.44. The molecule has 1 aliphatic rings. The van der Waals surface area contributed by atoms with Crippen molar-refractivity contribution in [1.29, 1.82) is 0 Å². The van der Waals surface area contributed by atoms with Crippen LogP contribution in [0, 0.1) is 0 Å². The van der Waals surface area contributed by atoms with Crippen molar-refractivity contribution in [2.45, 2.75) is 45.4 Å². The zero-order valence-electron chi connectivity index (χ0n) is 12.2. The van der Waals surface area contributed by atoms with Crippen LogP contribution < -0.4 is 0 Å². The van der Waals surface area contributed by atoms with Gasteiger partial charge in [0.25, 0.3) is 0 Å². The second kappa shape index (κ2) is 6.03. The van der Waals surface area contributed by atoms with Crippen molar-refractivity contribution in [3.05, 3.63) is 18.0 Å². The van der Waals surface area contributed by atoms with Crippen molar-refractivity contribution in [3.8, 4) is 0 Å². The third-order valence-corrected chi connectivity index (χ3v) is 4.33. The Hall–Kier alpha value is -0.910. The average Bonchev–Trinajstić information content (AvgIpc) is 2.95. The predicted molar refractivity (Wildman–Crippen MR) is 73.9 cm³/mol. The standard InChI is InChI=1S/C14H25N3O2/c1-4-14(3,16-6-8-19-9-7-16)13(18)12-10-15-17(5-2)11-12/h10-11,13,18H,4-9H2,1-3H3.